The quantitative estimate of drug-likeness (QED) is 0.105. The second-order valence-electron chi connectivity index (χ2n) is 9.38. The Balaban J connectivity index is 1.65. The molecule has 9 nitrogen and oxygen atoms in total. The highest BCUT2D eigenvalue weighted by atomic mass is 17.0. The van der Waals surface area contributed by atoms with E-state index < -0.39 is 35.5 Å². The van der Waals surface area contributed by atoms with Crippen molar-refractivity contribution in [3.63, 3.8) is 0 Å². The Morgan fingerprint density at radius 3 is 2.60 bits per heavy atom. The summed E-state index contributed by atoms with van der Waals surface area (Å²) < 4.78 is 4.95. The molecule has 3 N–H and O–H groups in total. The summed E-state index contributed by atoms with van der Waals surface area (Å²) in [4.78, 5) is 26.2. The average Bonchev–Trinajstić information content (AvgIpc) is 3.09. The second-order valence-corrected chi connectivity index (χ2v) is 9.38. The Hall–Kier alpha value is -2.49. The lowest BCUT2D eigenvalue weighted by molar-refractivity contribution is -0.767. The highest BCUT2D eigenvalue weighted by Gasteiger charge is 2.40. The van der Waals surface area contributed by atoms with Crippen LogP contribution in [0.2, 0.25) is 0 Å². The standard InChI is InChI=1S/C26H39NO8/c1-19(35-27(32)33)18-34-26(31)12-8-3-2-7-11-22-23(25(30)17-24(22)29)16-15-21(28)14-13-20-9-5-4-6-10-20/h2,4-7,9-10,19,21-25,28-30H,3,8,11-18H2,1H3. The third kappa shape index (κ3) is 11.2. The van der Waals surface area contributed by atoms with Crippen molar-refractivity contribution in [3.05, 3.63) is 58.2 Å². The van der Waals surface area contributed by atoms with E-state index in [0.717, 1.165) is 6.42 Å². The van der Waals surface area contributed by atoms with Crippen molar-refractivity contribution in [2.45, 2.75) is 89.1 Å². The molecule has 0 radical (unpaired) electrons. The van der Waals surface area contributed by atoms with E-state index in [4.69, 9.17) is 4.74 Å². The van der Waals surface area contributed by atoms with Gasteiger partial charge in [-0.3, -0.25) is 4.79 Å². The predicted molar refractivity (Wildman–Crippen MR) is 130 cm³/mol. The summed E-state index contributed by atoms with van der Waals surface area (Å²) >= 11 is 0. The summed E-state index contributed by atoms with van der Waals surface area (Å²) in [6, 6.07) is 10.0. The first-order valence-electron chi connectivity index (χ1n) is 12.5. The van der Waals surface area contributed by atoms with Gasteiger partial charge < -0.3 is 24.9 Å². The minimum absolute atomic E-state index is 0.0561. The SMILES string of the molecule is CC(COC(=O)CCCC=CCC1C(O)CC(O)C1CCC(O)CCc1ccccc1)O[N+](=O)[O-]. The Kier molecular flexibility index (Phi) is 12.7. The van der Waals surface area contributed by atoms with Crippen LogP contribution < -0.4 is 0 Å². The number of aliphatic hydroxyl groups is 3. The van der Waals surface area contributed by atoms with Crippen LogP contribution in [0.4, 0.5) is 0 Å². The van der Waals surface area contributed by atoms with Crippen molar-refractivity contribution in [2.24, 2.45) is 11.8 Å². The number of esters is 1. The first-order chi connectivity index (χ1) is 16.8. The highest BCUT2D eigenvalue weighted by molar-refractivity contribution is 5.69. The summed E-state index contributed by atoms with van der Waals surface area (Å²) in [6.07, 6.45) is 6.69. The van der Waals surface area contributed by atoms with Crippen LogP contribution >= 0.6 is 0 Å². The van der Waals surface area contributed by atoms with Crippen LogP contribution in [0.5, 0.6) is 0 Å². The molecule has 1 aliphatic carbocycles. The summed E-state index contributed by atoms with van der Waals surface area (Å²) in [7, 11) is 0. The largest absolute Gasteiger partial charge is 0.463 e. The molecule has 0 amide bonds. The first kappa shape index (κ1) is 28.7. The number of benzene rings is 1. The van der Waals surface area contributed by atoms with E-state index in [1.807, 2.05) is 42.5 Å². The van der Waals surface area contributed by atoms with Gasteiger partial charge in [-0.1, -0.05) is 42.5 Å². The van der Waals surface area contributed by atoms with E-state index in [2.05, 4.69) is 4.84 Å². The number of carbonyl (C=O) groups is 1. The summed E-state index contributed by atoms with van der Waals surface area (Å²) in [5.41, 5.74) is 1.19. The van der Waals surface area contributed by atoms with Gasteiger partial charge in [0.2, 0.25) is 0 Å². The van der Waals surface area contributed by atoms with Crippen molar-refractivity contribution < 1.29 is 34.8 Å². The van der Waals surface area contributed by atoms with Gasteiger partial charge in [0.1, 0.15) is 12.7 Å². The van der Waals surface area contributed by atoms with Gasteiger partial charge in [-0.25, -0.2) is 0 Å². The maximum Gasteiger partial charge on any atom is 0.305 e. The van der Waals surface area contributed by atoms with Crippen molar-refractivity contribution >= 4 is 5.97 Å². The maximum absolute atomic E-state index is 11.7. The molecule has 0 bridgehead atoms. The monoisotopic (exact) mass is 493 g/mol. The van der Waals surface area contributed by atoms with Gasteiger partial charge in [-0.05, 0) is 75.7 Å². The van der Waals surface area contributed by atoms with Crippen LogP contribution in [-0.4, -0.2) is 57.4 Å². The lowest BCUT2D eigenvalue weighted by atomic mass is 9.85. The number of aliphatic hydroxyl groups excluding tert-OH is 3. The molecule has 0 aromatic heterocycles. The number of hydrogen-bond acceptors (Lipinski definition) is 8. The van der Waals surface area contributed by atoms with E-state index in [1.165, 1.54) is 12.5 Å². The lowest BCUT2D eigenvalue weighted by Gasteiger charge is -2.23. The Morgan fingerprint density at radius 1 is 1.17 bits per heavy atom. The normalized spacial score (nSPS) is 23.8. The molecule has 196 valence electrons. The average molecular weight is 494 g/mol. The molecule has 1 aliphatic rings. The molecule has 0 saturated heterocycles. The molecule has 1 saturated carbocycles. The molecule has 2 rings (SSSR count). The van der Waals surface area contributed by atoms with E-state index in [9.17, 15) is 30.2 Å². The molecule has 35 heavy (non-hydrogen) atoms. The Morgan fingerprint density at radius 2 is 1.89 bits per heavy atom. The number of ether oxygens (including phenoxy) is 1. The number of nitrogens with zero attached hydrogens (tertiary/aromatic N) is 1. The van der Waals surface area contributed by atoms with Gasteiger partial charge >= 0.3 is 5.97 Å². The zero-order chi connectivity index (χ0) is 25.6. The second kappa shape index (κ2) is 15.5. The van der Waals surface area contributed by atoms with Crippen LogP contribution in [0.25, 0.3) is 0 Å². The molecule has 6 atom stereocenters. The van der Waals surface area contributed by atoms with Crippen LogP contribution in [0.1, 0.15) is 63.9 Å². The minimum atomic E-state index is -0.914. The van der Waals surface area contributed by atoms with Gasteiger partial charge in [0.15, 0.2) is 0 Å². The molecular weight excluding hydrogens is 454 g/mol. The van der Waals surface area contributed by atoms with Gasteiger partial charge in [0.05, 0.1) is 18.3 Å². The summed E-state index contributed by atoms with van der Waals surface area (Å²) in [6.45, 7) is 1.28. The Labute approximate surface area is 206 Å². The van der Waals surface area contributed by atoms with Crippen molar-refractivity contribution in [3.8, 4) is 0 Å². The number of hydrogen-bond donors (Lipinski definition) is 3. The van der Waals surface area contributed by atoms with E-state index >= 15 is 0 Å². The number of aryl methyl sites for hydroxylation is 1. The summed E-state index contributed by atoms with van der Waals surface area (Å²) in [5.74, 6) is -0.549. The van der Waals surface area contributed by atoms with Crippen LogP contribution in [0.3, 0.4) is 0 Å². The van der Waals surface area contributed by atoms with Gasteiger partial charge in [0, 0.05) is 6.42 Å². The zero-order valence-electron chi connectivity index (χ0n) is 20.4. The van der Waals surface area contributed by atoms with E-state index in [1.54, 1.807) is 0 Å². The molecule has 9 heteroatoms. The van der Waals surface area contributed by atoms with E-state index in [-0.39, 0.29) is 24.9 Å². The molecule has 0 aliphatic heterocycles. The Bertz CT molecular complexity index is 787. The fourth-order valence-electron chi connectivity index (χ4n) is 4.61. The molecule has 6 unspecified atom stereocenters. The molecule has 1 fully saturated rings. The number of unbranched alkanes of at least 4 members (excludes halogenated alkanes) is 1. The van der Waals surface area contributed by atoms with Crippen molar-refractivity contribution in [1.29, 1.82) is 0 Å². The van der Waals surface area contributed by atoms with Crippen LogP contribution in [0, 0.1) is 22.0 Å². The number of rotatable bonds is 16. The minimum Gasteiger partial charge on any atom is -0.463 e. The molecular formula is C26H39NO8. The number of allylic oxidation sites excluding steroid dienone is 2. The maximum atomic E-state index is 11.7. The molecule has 1 aromatic carbocycles. The zero-order valence-corrected chi connectivity index (χ0v) is 20.4. The molecule has 0 heterocycles. The van der Waals surface area contributed by atoms with Crippen LogP contribution in [0.15, 0.2) is 42.5 Å². The first-order valence-corrected chi connectivity index (χ1v) is 12.5. The number of carbonyl (C=O) groups excluding carboxylic acids is 1. The van der Waals surface area contributed by atoms with Crippen molar-refractivity contribution in [1.82, 2.24) is 0 Å². The topological polar surface area (TPSA) is 139 Å². The molecule has 0 spiro atoms. The van der Waals surface area contributed by atoms with Gasteiger partial charge in [-0.15, -0.1) is 10.1 Å². The highest BCUT2D eigenvalue weighted by Crippen LogP contribution is 2.38. The van der Waals surface area contributed by atoms with Gasteiger partial charge in [0.25, 0.3) is 5.09 Å². The van der Waals surface area contributed by atoms with E-state index in [0.29, 0.717) is 44.9 Å². The fourth-order valence-corrected chi connectivity index (χ4v) is 4.61. The molecule has 1 aromatic rings. The lowest BCUT2D eigenvalue weighted by Crippen LogP contribution is -2.23. The fraction of sp³-hybridized carbons (Fsp3) is 0.654. The van der Waals surface area contributed by atoms with Crippen LogP contribution in [-0.2, 0) is 20.8 Å². The van der Waals surface area contributed by atoms with Gasteiger partial charge in [-0.2, -0.15) is 0 Å². The third-order valence-corrected chi connectivity index (χ3v) is 6.54. The third-order valence-electron chi connectivity index (χ3n) is 6.54. The summed E-state index contributed by atoms with van der Waals surface area (Å²) in [5, 5.41) is 40.5. The smallest absolute Gasteiger partial charge is 0.305 e. The van der Waals surface area contributed by atoms with Crippen molar-refractivity contribution in [2.75, 3.05) is 6.61 Å². The predicted octanol–water partition coefficient (Wildman–Crippen LogP) is 3.37.